The zero-order valence-corrected chi connectivity index (χ0v) is 20.5. The molecule has 0 radical (unpaired) electrons. The van der Waals surface area contributed by atoms with Crippen molar-refractivity contribution < 1.29 is 9.53 Å². The summed E-state index contributed by atoms with van der Waals surface area (Å²) in [7, 11) is 0. The van der Waals surface area contributed by atoms with Gasteiger partial charge in [0.1, 0.15) is 6.61 Å². The number of fused-ring (bicyclic) bond motifs is 1. The van der Waals surface area contributed by atoms with E-state index in [1.807, 2.05) is 78.9 Å². The van der Waals surface area contributed by atoms with Crippen molar-refractivity contribution in [1.82, 2.24) is 4.90 Å². The number of ether oxygens (including phenoxy) is 1. The van der Waals surface area contributed by atoms with Crippen LogP contribution in [0.15, 0.2) is 109 Å². The Morgan fingerprint density at radius 3 is 2.31 bits per heavy atom. The fourth-order valence-corrected chi connectivity index (χ4v) is 4.30. The molecule has 1 amide bonds. The van der Waals surface area contributed by atoms with Gasteiger partial charge in [-0.05, 0) is 64.9 Å². The van der Waals surface area contributed by atoms with Gasteiger partial charge in [0.15, 0.2) is 0 Å². The summed E-state index contributed by atoms with van der Waals surface area (Å²) in [4.78, 5) is 15.1. The lowest BCUT2D eigenvalue weighted by atomic mass is 9.88. The number of amides is 1. The van der Waals surface area contributed by atoms with Crippen molar-refractivity contribution in [3.8, 4) is 0 Å². The second-order valence-electron chi connectivity index (χ2n) is 9.05. The van der Waals surface area contributed by atoms with E-state index in [2.05, 4.69) is 24.8 Å². The highest BCUT2D eigenvalue weighted by Gasteiger charge is 2.22. The Labute approximate surface area is 213 Å². The van der Waals surface area contributed by atoms with E-state index >= 15 is 0 Å². The van der Waals surface area contributed by atoms with Crippen LogP contribution in [0.2, 0.25) is 0 Å². The van der Waals surface area contributed by atoms with Crippen molar-refractivity contribution in [2.75, 3.05) is 24.6 Å². The number of benzene rings is 3. The highest BCUT2D eigenvalue weighted by molar-refractivity contribution is 5.68. The standard InChI is InChI=1S/C31H33N3O2/c1-23-7-3-2-4-8-26-9-5-6-10-29(26)30(23)22-36-31(35)34(21-25-13-17-28(33)18-14-25)20-19-24-11-15-27(32)16-12-24/h2-7,9-18,30H,1,8,19-22,32-33H2/b4-2-,7-3-. The normalized spacial score (nSPS) is 16.7. The Balaban J connectivity index is 1.50. The number of allylic oxidation sites excluding steroid dienone is 4. The molecule has 0 saturated carbocycles. The van der Waals surface area contributed by atoms with E-state index in [0.29, 0.717) is 25.2 Å². The van der Waals surface area contributed by atoms with Crippen LogP contribution in [-0.4, -0.2) is 24.1 Å². The first-order chi connectivity index (χ1) is 17.5. The molecule has 4 rings (SSSR count). The zero-order chi connectivity index (χ0) is 25.3. The van der Waals surface area contributed by atoms with Gasteiger partial charge < -0.3 is 21.1 Å². The molecule has 5 nitrogen and oxygen atoms in total. The van der Waals surface area contributed by atoms with Crippen LogP contribution in [0.5, 0.6) is 0 Å². The van der Waals surface area contributed by atoms with E-state index in [-0.39, 0.29) is 18.6 Å². The molecule has 0 bridgehead atoms. The largest absolute Gasteiger partial charge is 0.448 e. The maximum Gasteiger partial charge on any atom is 0.410 e. The van der Waals surface area contributed by atoms with E-state index in [0.717, 1.165) is 34.4 Å². The molecule has 3 aromatic carbocycles. The van der Waals surface area contributed by atoms with Gasteiger partial charge in [-0.15, -0.1) is 0 Å². The van der Waals surface area contributed by atoms with E-state index in [9.17, 15) is 4.79 Å². The van der Waals surface area contributed by atoms with E-state index in [4.69, 9.17) is 16.2 Å². The molecule has 1 atom stereocenters. The predicted octanol–water partition coefficient (Wildman–Crippen LogP) is 6.04. The molecule has 1 unspecified atom stereocenters. The van der Waals surface area contributed by atoms with Crippen molar-refractivity contribution in [3.63, 3.8) is 0 Å². The summed E-state index contributed by atoms with van der Waals surface area (Å²) in [6.45, 7) is 5.44. The van der Waals surface area contributed by atoms with E-state index < -0.39 is 0 Å². The molecule has 1 aliphatic rings. The first-order valence-electron chi connectivity index (χ1n) is 12.2. The fraction of sp³-hybridized carbons (Fsp3) is 0.194. The second kappa shape index (κ2) is 11.9. The Hall–Kier alpha value is -4.25. The topological polar surface area (TPSA) is 81.6 Å². The zero-order valence-electron chi connectivity index (χ0n) is 20.5. The summed E-state index contributed by atoms with van der Waals surface area (Å²) in [5, 5.41) is 0. The number of carbonyl (C=O) groups excluding carboxylic acids is 1. The lowest BCUT2D eigenvalue weighted by Crippen LogP contribution is -2.34. The number of nitrogens with zero attached hydrogens (tertiary/aromatic N) is 1. The molecule has 1 aliphatic carbocycles. The summed E-state index contributed by atoms with van der Waals surface area (Å²) >= 11 is 0. The smallest absolute Gasteiger partial charge is 0.410 e. The molecule has 0 spiro atoms. The first kappa shape index (κ1) is 24.9. The van der Waals surface area contributed by atoms with Crippen LogP contribution in [0.3, 0.4) is 0 Å². The molecule has 0 saturated heterocycles. The highest BCUT2D eigenvalue weighted by Crippen LogP contribution is 2.29. The molecule has 0 heterocycles. The average Bonchev–Trinajstić information content (AvgIpc) is 2.96. The van der Waals surface area contributed by atoms with Crippen molar-refractivity contribution in [1.29, 1.82) is 0 Å². The number of nitrogens with two attached hydrogens (primary N) is 2. The van der Waals surface area contributed by atoms with Crippen LogP contribution in [0.4, 0.5) is 16.2 Å². The third-order valence-electron chi connectivity index (χ3n) is 6.41. The fourth-order valence-electron chi connectivity index (χ4n) is 4.30. The minimum Gasteiger partial charge on any atom is -0.448 e. The van der Waals surface area contributed by atoms with Crippen LogP contribution in [-0.2, 0) is 24.1 Å². The quantitative estimate of drug-likeness (QED) is 0.405. The number of rotatable bonds is 7. The molecule has 3 aromatic rings. The number of nitrogen functional groups attached to an aromatic ring is 2. The Kier molecular flexibility index (Phi) is 8.24. The lowest BCUT2D eigenvalue weighted by molar-refractivity contribution is 0.0972. The molecule has 36 heavy (non-hydrogen) atoms. The van der Waals surface area contributed by atoms with Crippen molar-refractivity contribution in [2.24, 2.45) is 0 Å². The number of hydrogen-bond donors (Lipinski definition) is 2. The van der Waals surface area contributed by atoms with Gasteiger partial charge in [-0.2, -0.15) is 0 Å². The Morgan fingerprint density at radius 2 is 1.58 bits per heavy atom. The SMILES string of the molecule is C=C1/C=C\C=C/Cc2ccccc2C1COC(=O)N(CCc1ccc(N)cc1)Cc1ccc(N)cc1. The molecule has 0 aromatic heterocycles. The second-order valence-corrected chi connectivity index (χ2v) is 9.05. The maximum absolute atomic E-state index is 13.4. The van der Waals surface area contributed by atoms with E-state index in [1.165, 1.54) is 5.56 Å². The summed E-state index contributed by atoms with van der Waals surface area (Å²) in [5.74, 6) is -0.114. The predicted molar refractivity (Wildman–Crippen MR) is 147 cm³/mol. The maximum atomic E-state index is 13.4. The Bertz CT molecular complexity index is 1240. The first-order valence-corrected chi connectivity index (χ1v) is 12.2. The molecule has 0 fully saturated rings. The van der Waals surface area contributed by atoms with Crippen molar-refractivity contribution in [2.45, 2.75) is 25.3 Å². The molecule has 5 heteroatoms. The minimum atomic E-state index is -0.352. The summed E-state index contributed by atoms with van der Waals surface area (Å²) in [6.07, 6.45) is 9.30. The summed E-state index contributed by atoms with van der Waals surface area (Å²) in [6, 6.07) is 23.6. The van der Waals surface area contributed by atoms with E-state index in [1.54, 1.807) is 4.90 Å². The van der Waals surface area contributed by atoms with Crippen molar-refractivity contribution >= 4 is 17.5 Å². The molecule has 0 aliphatic heterocycles. The number of anilines is 2. The van der Waals surface area contributed by atoms with Crippen LogP contribution in [0, 0.1) is 0 Å². The van der Waals surface area contributed by atoms with Gasteiger partial charge in [0.25, 0.3) is 0 Å². The van der Waals surface area contributed by atoms with Gasteiger partial charge in [-0.3, -0.25) is 0 Å². The average molecular weight is 480 g/mol. The van der Waals surface area contributed by atoms with Gasteiger partial charge in [0, 0.05) is 30.4 Å². The van der Waals surface area contributed by atoms with Gasteiger partial charge >= 0.3 is 6.09 Å². The van der Waals surface area contributed by atoms with Gasteiger partial charge in [-0.1, -0.05) is 79.4 Å². The van der Waals surface area contributed by atoms with Crippen LogP contribution >= 0.6 is 0 Å². The van der Waals surface area contributed by atoms with Gasteiger partial charge in [-0.25, -0.2) is 4.79 Å². The van der Waals surface area contributed by atoms with Gasteiger partial charge in [0.05, 0.1) is 0 Å². The van der Waals surface area contributed by atoms with Crippen LogP contribution < -0.4 is 11.5 Å². The third kappa shape index (κ3) is 6.66. The van der Waals surface area contributed by atoms with Gasteiger partial charge in [0.2, 0.25) is 0 Å². The summed E-state index contributed by atoms with van der Waals surface area (Å²) < 4.78 is 5.94. The minimum absolute atomic E-state index is 0.114. The molecule has 184 valence electrons. The number of carbonyl (C=O) groups is 1. The molecular formula is C31H33N3O2. The number of hydrogen-bond acceptors (Lipinski definition) is 4. The Morgan fingerprint density at radius 1 is 0.917 bits per heavy atom. The van der Waals surface area contributed by atoms with Crippen LogP contribution in [0.25, 0.3) is 0 Å². The molecule has 4 N–H and O–H groups in total. The highest BCUT2D eigenvalue weighted by atomic mass is 16.6. The van der Waals surface area contributed by atoms with Crippen LogP contribution in [0.1, 0.15) is 28.2 Å². The monoisotopic (exact) mass is 479 g/mol. The third-order valence-corrected chi connectivity index (χ3v) is 6.41. The molecular weight excluding hydrogens is 446 g/mol. The van der Waals surface area contributed by atoms with Crippen molar-refractivity contribution in [3.05, 3.63) is 132 Å². The lowest BCUT2D eigenvalue weighted by Gasteiger charge is -2.25. The summed E-state index contributed by atoms with van der Waals surface area (Å²) in [5.41, 5.74) is 18.4.